The Kier molecular flexibility index (Phi) is 3.84. The molecule has 1 aromatic heterocycles. The van der Waals surface area contributed by atoms with E-state index in [4.69, 9.17) is 4.42 Å². The number of carbonyl (C=O) groups excluding carboxylic acids is 3. The number of anilines is 1. The first-order valence-corrected chi connectivity index (χ1v) is 7.12. The minimum atomic E-state index is -0.449. The maximum Gasteiger partial charge on any atom is 0.273 e. The molecule has 118 valence electrons. The first-order valence-electron chi connectivity index (χ1n) is 7.12. The molecule has 0 aliphatic carbocycles. The van der Waals surface area contributed by atoms with Crippen molar-refractivity contribution in [1.82, 2.24) is 10.9 Å². The Bertz CT molecular complexity index is 794. The van der Waals surface area contributed by atoms with E-state index in [0.717, 1.165) is 11.3 Å². The van der Waals surface area contributed by atoms with Crippen LogP contribution in [0.5, 0.6) is 0 Å². The molecule has 0 spiro atoms. The lowest BCUT2D eigenvalue weighted by Crippen LogP contribution is -2.41. The minimum absolute atomic E-state index is 0.0301. The van der Waals surface area contributed by atoms with Crippen LogP contribution in [0.25, 0.3) is 0 Å². The molecule has 2 heterocycles. The van der Waals surface area contributed by atoms with Gasteiger partial charge < -0.3 is 9.73 Å². The van der Waals surface area contributed by atoms with Crippen molar-refractivity contribution >= 4 is 23.4 Å². The molecular weight excluding hydrogens is 298 g/mol. The third kappa shape index (κ3) is 3.08. The summed E-state index contributed by atoms with van der Waals surface area (Å²) in [6.07, 6.45) is 2.39. The van der Waals surface area contributed by atoms with Gasteiger partial charge in [-0.25, -0.2) is 0 Å². The summed E-state index contributed by atoms with van der Waals surface area (Å²) >= 11 is 0. The molecule has 3 rings (SSSR count). The van der Waals surface area contributed by atoms with Crippen LogP contribution in [0.4, 0.5) is 5.69 Å². The standard InChI is InChI=1S/C16H15N3O4/c1-9-12(6-7-23-9)16(22)19-18-15(21)11-2-4-13-10(8-11)3-5-14(20)17-13/h2,4,6-8H,3,5H2,1H3,(H,17,20)(H,18,21)(H,19,22). The lowest BCUT2D eigenvalue weighted by atomic mass is 10.0. The number of aryl methyl sites for hydroxylation is 2. The van der Waals surface area contributed by atoms with Crippen molar-refractivity contribution in [3.63, 3.8) is 0 Å². The van der Waals surface area contributed by atoms with E-state index in [0.29, 0.717) is 29.7 Å². The Balaban J connectivity index is 1.66. The van der Waals surface area contributed by atoms with Crippen molar-refractivity contribution in [3.8, 4) is 0 Å². The fraction of sp³-hybridized carbons (Fsp3) is 0.188. The normalized spacial score (nSPS) is 13.0. The van der Waals surface area contributed by atoms with Crippen LogP contribution in [0.3, 0.4) is 0 Å². The number of carbonyl (C=O) groups is 3. The lowest BCUT2D eigenvalue weighted by molar-refractivity contribution is -0.116. The molecule has 0 atom stereocenters. The van der Waals surface area contributed by atoms with Gasteiger partial charge in [0.2, 0.25) is 5.91 Å². The van der Waals surface area contributed by atoms with Crippen LogP contribution in [-0.2, 0) is 11.2 Å². The molecule has 0 unspecified atom stereocenters. The van der Waals surface area contributed by atoms with E-state index in [9.17, 15) is 14.4 Å². The summed E-state index contributed by atoms with van der Waals surface area (Å²) in [4.78, 5) is 35.3. The highest BCUT2D eigenvalue weighted by atomic mass is 16.3. The zero-order valence-corrected chi connectivity index (χ0v) is 12.4. The van der Waals surface area contributed by atoms with Gasteiger partial charge in [0.25, 0.3) is 11.8 Å². The summed E-state index contributed by atoms with van der Waals surface area (Å²) in [5, 5.41) is 2.75. The van der Waals surface area contributed by atoms with Crippen molar-refractivity contribution in [2.45, 2.75) is 19.8 Å². The van der Waals surface area contributed by atoms with Gasteiger partial charge >= 0.3 is 0 Å². The van der Waals surface area contributed by atoms with Gasteiger partial charge in [-0.15, -0.1) is 0 Å². The summed E-state index contributed by atoms with van der Waals surface area (Å²) in [6.45, 7) is 1.66. The Morgan fingerprint density at radius 1 is 1.13 bits per heavy atom. The highest BCUT2D eigenvalue weighted by molar-refractivity contribution is 6.00. The molecule has 1 aromatic carbocycles. The summed E-state index contributed by atoms with van der Waals surface area (Å²) < 4.78 is 5.04. The Morgan fingerprint density at radius 3 is 2.65 bits per heavy atom. The monoisotopic (exact) mass is 313 g/mol. The summed E-state index contributed by atoms with van der Waals surface area (Å²) in [6, 6.07) is 6.51. The third-order valence-corrected chi connectivity index (χ3v) is 3.66. The van der Waals surface area contributed by atoms with Gasteiger partial charge in [0, 0.05) is 17.7 Å². The summed E-state index contributed by atoms with van der Waals surface area (Å²) in [7, 11) is 0. The molecule has 3 N–H and O–H groups in total. The van der Waals surface area contributed by atoms with Gasteiger partial charge in [0.15, 0.2) is 0 Å². The predicted molar refractivity (Wildman–Crippen MR) is 81.8 cm³/mol. The molecule has 0 saturated heterocycles. The molecule has 2 aromatic rings. The van der Waals surface area contributed by atoms with E-state index in [2.05, 4.69) is 16.2 Å². The van der Waals surface area contributed by atoms with E-state index < -0.39 is 11.8 Å². The van der Waals surface area contributed by atoms with Crippen molar-refractivity contribution in [1.29, 1.82) is 0 Å². The number of hydrazine groups is 1. The number of furan rings is 1. The first kappa shape index (κ1) is 14.8. The van der Waals surface area contributed by atoms with Crippen LogP contribution in [0.2, 0.25) is 0 Å². The lowest BCUT2D eigenvalue weighted by Gasteiger charge is -2.17. The topological polar surface area (TPSA) is 100 Å². The van der Waals surface area contributed by atoms with Crippen molar-refractivity contribution in [2.24, 2.45) is 0 Å². The fourth-order valence-corrected chi connectivity index (χ4v) is 2.40. The molecule has 0 bridgehead atoms. The molecule has 1 aliphatic heterocycles. The summed E-state index contributed by atoms with van der Waals surface area (Å²) in [5.41, 5.74) is 7.09. The van der Waals surface area contributed by atoms with Crippen molar-refractivity contribution < 1.29 is 18.8 Å². The van der Waals surface area contributed by atoms with E-state index in [-0.39, 0.29) is 5.91 Å². The molecule has 0 radical (unpaired) electrons. The molecule has 3 amide bonds. The number of hydrogen-bond donors (Lipinski definition) is 3. The average molecular weight is 313 g/mol. The van der Waals surface area contributed by atoms with Gasteiger partial charge in [0.1, 0.15) is 5.76 Å². The minimum Gasteiger partial charge on any atom is -0.469 e. The second-order valence-corrected chi connectivity index (χ2v) is 5.22. The van der Waals surface area contributed by atoms with Gasteiger partial charge in [-0.3, -0.25) is 25.2 Å². The second kappa shape index (κ2) is 5.96. The largest absolute Gasteiger partial charge is 0.469 e. The smallest absolute Gasteiger partial charge is 0.273 e. The fourth-order valence-electron chi connectivity index (χ4n) is 2.40. The van der Waals surface area contributed by atoms with Gasteiger partial charge in [-0.2, -0.15) is 0 Å². The van der Waals surface area contributed by atoms with Crippen LogP contribution in [0.1, 0.15) is 38.5 Å². The van der Waals surface area contributed by atoms with Gasteiger partial charge in [0.05, 0.1) is 11.8 Å². The van der Waals surface area contributed by atoms with Crippen LogP contribution < -0.4 is 16.2 Å². The molecular formula is C16H15N3O4. The van der Waals surface area contributed by atoms with E-state index in [1.165, 1.54) is 12.3 Å². The summed E-state index contributed by atoms with van der Waals surface area (Å²) in [5.74, 6) is -0.437. The zero-order valence-electron chi connectivity index (χ0n) is 12.4. The maximum atomic E-state index is 12.1. The molecule has 0 fully saturated rings. The Hall–Kier alpha value is -3.09. The van der Waals surface area contributed by atoms with E-state index in [1.807, 2.05) is 0 Å². The number of amides is 3. The number of hydrogen-bond acceptors (Lipinski definition) is 4. The van der Waals surface area contributed by atoms with Crippen LogP contribution in [0, 0.1) is 6.92 Å². The van der Waals surface area contributed by atoms with Gasteiger partial charge in [-0.05, 0) is 43.2 Å². The molecule has 1 aliphatic rings. The number of benzene rings is 1. The zero-order chi connectivity index (χ0) is 16.4. The van der Waals surface area contributed by atoms with Crippen LogP contribution >= 0.6 is 0 Å². The van der Waals surface area contributed by atoms with E-state index >= 15 is 0 Å². The average Bonchev–Trinajstić information content (AvgIpc) is 2.98. The molecule has 23 heavy (non-hydrogen) atoms. The van der Waals surface area contributed by atoms with Crippen molar-refractivity contribution in [3.05, 3.63) is 53.0 Å². The molecule has 7 heteroatoms. The van der Waals surface area contributed by atoms with Gasteiger partial charge in [-0.1, -0.05) is 0 Å². The highest BCUT2D eigenvalue weighted by Crippen LogP contribution is 2.23. The van der Waals surface area contributed by atoms with Crippen molar-refractivity contribution in [2.75, 3.05) is 5.32 Å². The predicted octanol–water partition coefficient (Wildman–Crippen LogP) is 1.55. The van der Waals surface area contributed by atoms with Crippen LogP contribution in [0.15, 0.2) is 34.9 Å². The highest BCUT2D eigenvalue weighted by Gasteiger charge is 2.17. The van der Waals surface area contributed by atoms with E-state index in [1.54, 1.807) is 25.1 Å². The maximum absolute atomic E-state index is 12.1. The molecule has 0 saturated carbocycles. The second-order valence-electron chi connectivity index (χ2n) is 5.22. The molecule has 7 nitrogen and oxygen atoms in total. The Labute approximate surface area is 132 Å². The first-order chi connectivity index (χ1) is 11.0. The third-order valence-electron chi connectivity index (χ3n) is 3.66. The number of fused-ring (bicyclic) bond motifs is 1. The Morgan fingerprint density at radius 2 is 1.91 bits per heavy atom. The number of nitrogens with one attached hydrogen (secondary N) is 3. The SMILES string of the molecule is Cc1occc1C(=O)NNC(=O)c1ccc2c(c1)CCC(=O)N2. The van der Waals surface area contributed by atoms with Crippen LogP contribution in [-0.4, -0.2) is 17.7 Å². The quantitative estimate of drug-likeness (QED) is 0.732. The number of rotatable bonds is 2.